The molecular formula is C17H26FNO4. The number of benzene rings is 1. The molecule has 1 amide bonds. The second-order valence-electron chi connectivity index (χ2n) is 6.53. The van der Waals surface area contributed by atoms with Crippen molar-refractivity contribution in [2.24, 2.45) is 0 Å². The molecule has 0 spiro atoms. The minimum Gasteiger partial charge on any atom is -0.444 e. The van der Waals surface area contributed by atoms with E-state index in [2.05, 4.69) is 0 Å². The van der Waals surface area contributed by atoms with Gasteiger partial charge in [-0.05, 0) is 57.4 Å². The molecule has 1 aromatic carbocycles. The molecule has 0 aromatic heterocycles. The van der Waals surface area contributed by atoms with Crippen molar-refractivity contribution in [2.45, 2.75) is 58.4 Å². The molecule has 1 heterocycles. The zero-order valence-corrected chi connectivity index (χ0v) is 14.3. The lowest BCUT2D eigenvalue weighted by molar-refractivity contribution is -0.00849. The van der Waals surface area contributed by atoms with E-state index in [0.29, 0.717) is 6.42 Å². The summed E-state index contributed by atoms with van der Waals surface area (Å²) in [5.74, 6) is -0.326. The number of aliphatic hydroxyl groups is 2. The third-order valence-electron chi connectivity index (χ3n) is 3.52. The number of carbonyl (C=O) groups excluding carboxylic acids is 1. The van der Waals surface area contributed by atoms with Crippen LogP contribution in [0.1, 0.15) is 38.8 Å². The van der Waals surface area contributed by atoms with Gasteiger partial charge in [0, 0.05) is 13.7 Å². The van der Waals surface area contributed by atoms with Gasteiger partial charge in [0.25, 0.3) is 0 Å². The van der Waals surface area contributed by atoms with Crippen LogP contribution in [0.4, 0.5) is 9.18 Å². The molecule has 0 bridgehead atoms. The second-order valence-corrected chi connectivity index (χ2v) is 6.53. The van der Waals surface area contributed by atoms with Gasteiger partial charge in [-0.15, -0.1) is 0 Å². The summed E-state index contributed by atoms with van der Waals surface area (Å²) >= 11 is 0. The number of amides is 1. The number of nitrogens with zero attached hydrogens (tertiary/aromatic N) is 1. The highest BCUT2D eigenvalue weighted by Gasteiger charge is 2.35. The zero-order valence-electron chi connectivity index (χ0n) is 14.3. The molecule has 1 aliphatic heterocycles. The Hall–Kier alpha value is -1.66. The summed E-state index contributed by atoms with van der Waals surface area (Å²) in [5, 5.41) is 17.0. The number of halogens is 1. The van der Waals surface area contributed by atoms with Crippen LogP contribution in [-0.2, 0) is 17.7 Å². The van der Waals surface area contributed by atoms with Gasteiger partial charge in [0.2, 0.25) is 0 Å². The lowest BCUT2D eigenvalue weighted by Crippen LogP contribution is -2.51. The Morgan fingerprint density at radius 3 is 2.48 bits per heavy atom. The van der Waals surface area contributed by atoms with Gasteiger partial charge in [-0.3, -0.25) is 4.90 Å². The van der Waals surface area contributed by atoms with Gasteiger partial charge in [-0.2, -0.15) is 0 Å². The molecule has 2 unspecified atom stereocenters. The Morgan fingerprint density at radius 2 is 1.96 bits per heavy atom. The lowest BCUT2D eigenvalue weighted by Gasteiger charge is -2.39. The van der Waals surface area contributed by atoms with Crippen molar-refractivity contribution in [1.82, 2.24) is 4.90 Å². The van der Waals surface area contributed by atoms with E-state index >= 15 is 0 Å². The molecule has 0 fully saturated rings. The normalized spacial score (nSPS) is 18.4. The maximum absolute atomic E-state index is 13.4. The van der Waals surface area contributed by atoms with E-state index in [1.54, 1.807) is 33.8 Å². The van der Waals surface area contributed by atoms with Crippen molar-refractivity contribution >= 4 is 6.09 Å². The summed E-state index contributed by atoms with van der Waals surface area (Å²) in [5.41, 5.74) is 1.11. The van der Waals surface area contributed by atoms with Crippen LogP contribution < -0.4 is 0 Å². The standard InChI is InChI=1S/C16H22FNO3.CH4O/c1-10(19)14-8-11-5-6-13(17)7-12(11)9-18(14)15(20)21-16(2,3)4;1-2/h5-7,10,14,19H,8-9H2,1-4H3;2H,1H3. The van der Waals surface area contributed by atoms with E-state index in [4.69, 9.17) is 9.84 Å². The monoisotopic (exact) mass is 327 g/mol. The first-order valence-electron chi connectivity index (χ1n) is 7.57. The molecule has 0 radical (unpaired) electrons. The van der Waals surface area contributed by atoms with Gasteiger partial charge < -0.3 is 14.9 Å². The summed E-state index contributed by atoms with van der Waals surface area (Å²) in [6, 6.07) is 4.19. The van der Waals surface area contributed by atoms with Crippen molar-refractivity contribution < 1.29 is 24.1 Å². The quantitative estimate of drug-likeness (QED) is 0.831. The second kappa shape index (κ2) is 7.75. The maximum Gasteiger partial charge on any atom is 0.410 e. The molecule has 5 nitrogen and oxygen atoms in total. The molecule has 6 heteroatoms. The van der Waals surface area contributed by atoms with Crippen LogP contribution in [0, 0.1) is 5.82 Å². The highest BCUT2D eigenvalue weighted by Crippen LogP contribution is 2.27. The molecule has 23 heavy (non-hydrogen) atoms. The first kappa shape index (κ1) is 19.4. The number of hydrogen-bond acceptors (Lipinski definition) is 4. The van der Waals surface area contributed by atoms with E-state index in [9.17, 15) is 14.3 Å². The molecule has 1 aromatic rings. The summed E-state index contributed by atoms with van der Waals surface area (Å²) < 4.78 is 18.8. The zero-order chi connectivity index (χ0) is 17.8. The lowest BCUT2D eigenvalue weighted by atomic mass is 9.91. The van der Waals surface area contributed by atoms with Crippen molar-refractivity contribution in [1.29, 1.82) is 0 Å². The first-order chi connectivity index (χ1) is 10.7. The predicted molar refractivity (Wildman–Crippen MR) is 85.5 cm³/mol. The average Bonchev–Trinajstić information content (AvgIpc) is 2.46. The van der Waals surface area contributed by atoms with E-state index < -0.39 is 17.8 Å². The highest BCUT2D eigenvalue weighted by molar-refractivity contribution is 5.69. The van der Waals surface area contributed by atoms with Gasteiger partial charge >= 0.3 is 6.09 Å². The van der Waals surface area contributed by atoms with Crippen molar-refractivity contribution in [2.75, 3.05) is 7.11 Å². The first-order valence-corrected chi connectivity index (χ1v) is 7.57. The Morgan fingerprint density at radius 1 is 1.35 bits per heavy atom. The molecule has 0 saturated carbocycles. The summed E-state index contributed by atoms with van der Waals surface area (Å²) in [6.45, 7) is 7.27. The van der Waals surface area contributed by atoms with E-state index in [1.807, 2.05) is 0 Å². The van der Waals surface area contributed by atoms with E-state index in [-0.39, 0.29) is 18.4 Å². The van der Waals surface area contributed by atoms with Crippen molar-refractivity contribution in [3.8, 4) is 0 Å². The Labute approximate surface area is 136 Å². The van der Waals surface area contributed by atoms with E-state index in [1.165, 1.54) is 17.0 Å². The third kappa shape index (κ3) is 5.18. The number of aliphatic hydroxyl groups excluding tert-OH is 2. The summed E-state index contributed by atoms with van der Waals surface area (Å²) in [7, 11) is 1.00. The fourth-order valence-electron chi connectivity index (χ4n) is 2.53. The van der Waals surface area contributed by atoms with Crippen LogP contribution in [0.3, 0.4) is 0 Å². The number of rotatable bonds is 1. The fraction of sp³-hybridized carbons (Fsp3) is 0.588. The highest BCUT2D eigenvalue weighted by atomic mass is 19.1. The molecule has 130 valence electrons. The maximum atomic E-state index is 13.4. The largest absolute Gasteiger partial charge is 0.444 e. The van der Waals surface area contributed by atoms with Crippen LogP contribution in [-0.4, -0.2) is 46.1 Å². The van der Waals surface area contributed by atoms with Crippen molar-refractivity contribution in [3.63, 3.8) is 0 Å². The summed E-state index contributed by atoms with van der Waals surface area (Å²) in [4.78, 5) is 13.8. The molecular weight excluding hydrogens is 301 g/mol. The van der Waals surface area contributed by atoms with Gasteiger partial charge in [0.05, 0.1) is 12.1 Å². The number of carbonyl (C=O) groups is 1. The average molecular weight is 327 g/mol. The topological polar surface area (TPSA) is 70.0 Å². The molecule has 2 atom stereocenters. The molecule has 0 aliphatic carbocycles. The van der Waals surface area contributed by atoms with Crippen LogP contribution in [0.5, 0.6) is 0 Å². The predicted octanol–water partition coefficient (Wildman–Crippen LogP) is 2.48. The third-order valence-corrected chi connectivity index (χ3v) is 3.52. The summed E-state index contributed by atoms with van der Waals surface area (Å²) in [6.07, 6.45) is -0.675. The fourth-order valence-corrected chi connectivity index (χ4v) is 2.53. The van der Waals surface area contributed by atoms with E-state index in [0.717, 1.165) is 18.2 Å². The number of fused-ring (bicyclic) bond motifs is 1. The van der Waals surface area contributed by atoms with Crippen LogP contribution >= 0.6 is 0 Å². The Bertz CT molecular complexity index is 540. The molecule has 0 saturated heterocycles. The van der Waals surface area contributed by atoms with Crippen LogP contribution in [0.2, 0.25) is 0 Å². The van der Waals surface area contributed by atoms with Crippen molar-refractivity contribution in [3.05, 3.63) is 35.1 Å². The molecule has 1 aliphatic rings. The minimum atomic E-state index is -0.685. The van der Waals surface area contributed by atoms with Gasteiger partial charge in [0.15, 0.2) is 0 Å². The SMILES string of the molecule is CC(O)C1Cc2ccc(F)cc2CN1C(=O)OC(C)(C)C.CO. The number of hydrogen-bond donors (Lipinski definition) is 2. The smallest absolute Gasteiger partial charge is 0.410 e. The number of ether oxygens (including phenoxy) is 1. The minimum absolute atomic E-state index is 0.248. The Balaban J connectivity index is 0.00000127. The van der Waals surface area contributed by atoms with Gasteiger partial charge in [-0.25, -0.2) is 9.18 Å². The molecule has 2 rings (SSSR count). The van der Waals surface area contributed by atoms with Gasteiger partial charge in [0.1, 0.15) is 11.4 Å². The molecule has 2 N–H and O–H groups in total. The van der Waals surface area contributed by atoms with Crippen LogP contribution in [0.15, 0.2) is 18.2 Å². The Kier molecular flexibility index (Phi) is 6.53. The van der Waals surface area contributed by atoms with Crippen LogP contribution in [0.25, 0.3) is 0 Å². The van der Waals surface area contributed by atoms with Gasteiger partial charge in [-0.1, -0.05) is 6.07 Å².